The van der Waals surface area contributed by atoms with Crippen molar-refractivity contribution in [2.45, 2.75) is 32.9 Å². The van der Waals surface area contributed by atoms with Gasteiger partial charge in [-0.05, 0) is 37.1 Å². The first-order valence-electron chi connectivity index (χ1n) is 7.03. The summed E-state index contributed by atoms with van der Waals surface area (Å²) < 4.78 is 5.81. The molecule has 2 aromatic rings. The molecule has 0 amide bonds. The van der Waals surface area contributed by atoms with Crippen molar-refractivity contribution in [3.8, 4) is 5.75 Å². The molecule has 21 heavy (non-hydrogen) atoms. The van der Waals surface area contributed by atoms with E-state index < -0.39 is 0 Å². The summed E-state index contributed by atoms with van der Waals surface area (Å²) in [6, 6.07) is 13.6. The maximum atomic E-state index is 6.18. The van der Waals surface area contributed by atoms with E-state index in [1.54, 1.807) is 6.07 Å². The molecule has 0 aromatic heterocycles. The van der Waals surface area contributed by atoms with E-state index in [9.17, 15) is 0 Å². The second-order valence-electron chi connectivity index (χ2n) is 4.93. The molecule has 0 saturated heterocycles. The second-order valence-corrected chi connectivity index (χ2v) is 5.72. The van der Waals surface area contributed by atoms with Crippen molar-refractivity contribution < 1.29 is 4.74 Å². The van der Waals surface area contributed by atoms with Gasteiger partial charge in [0, 0.05) is 18.3 Å². The number of rotatable bonds is 6. The molecule has 0 aliphatic heterocycles. The highest BCUT2D eigenvalue weighted by Crippen LogP contribution is 2.26. The minimum absolute atomic E-state index is 0.211. The quantitative estimate of drug-likeness (QED) is 0.727. The maximum absolute atomic E-state index is 6.18. The van der Waals surface area contributed by atoms with Crippen molar-refractivity contribution >= 4 is 28.9 Å². The Labute approximate surface area is 136 Å². The van der Waals surface area contributed by atoms with Crippen LogP contribution in [0.2, 0.25) is 10.0 Å². The molecule has 0 bridgehead atoms. The van der Waals surface area contributed by atoms with Gasteiger partial charge in [-0.3, -0.25) is 0 Å². The number of hydrogen-bond donors (Lipinski definition) is 1. The number of anilines is 1. The van der Waals surface area contributed by atoms with Gasteiger partial charge in [-0.25, -0.2) is 0 Å². The lowest BCUT2D eigenvalue weighted by molar-refractivity contribution is 0.217. The summed E-state index contributed by atoms with van der Waals surface area (Å²) in [6.07, 6.45) is 1.19. The molecule has 0 heterocycles. The van der Waals surface area contributed by atoms with Gasteiger partial charge in [-0.15, -0.1) is 0 Å². The summed E-state index contributed by atoms with van der Waals surface area (Å²) in [4.78, 5) is 0. The Bertz CT molecular complexity index is 601. The SMILES string of the molecule is CCC(C)Oc1cccc(NCc2cccc(Cl)c2Cl)c1. The molecule has 0 radical (unpaired) electrons. The second kappa shape index (κ2) is 7.58. The number of halogens is 2. The van der Waals surface area contributed by atoms with Gasteiger partial charge in [-0.2, -0.15) is 0 Å². The molecule has 112 valence electrons. The highest BCUT2D eigenvalue weighted by molar-refractivity contribution is 6.42. The van der Waals surface area contributed by atoms with E-state index in [2.05, 4.69) is 19.2 Å². The van der Waals surface area contributed by atoms with Crippen molar-refractivity contribution in [1.29, 1.82) is 0 Å². The predicted molar refractivity (Wildman–Crippen MR) is 90.6 cm³/mol. The first-order valence-corrected chi connectivity index (χ1v) is 7.79. The zero-order chi connectivity index (χ0) is 15.2. The lowest BCUT2D eigenvalue weighted by Gasteiger charge is -2.14. The molecule has 0 aliphatic carbocycles. The van der Waals surface area contributed by atoms with Gasteiger partial charge in [0.25, 0.3) is 0 Å². The van der Waals surface area contributed by atoms with Gasteiger partial charge in [0.2, 0.25) is 0 Å². The Morgan fingerprint density at radius 3 is 2.67 bits per heavy atom. The number of ether oxygens (including phenoxy) is 1. The van der Waals surface area contributed by atoms with Crippen molar-refractivity contribution in [1.82, 2.24) is 0 Å². The van der Waals surface area contributed by atoms with Crippen LogP contribution in [0.3, 0.4) is 0 Å². The highest BCUT2D eigenvalue weighted by atomic mass is 35.5. The summed E-state index contributed by atoms with van der Waals surface area (Å²) in [6.45, 7) is 4.78. The summed E-state index contributed by atoms with van der Waals surface area (Å²) in [5.74, 6) is 0.867. The van der Waals surface area contributed by atoms with Crippen molar-refractivity contribution in [3.63, 3.8) is 0 Å². The standard InChI is InChI=1S/C17H19Cl2NO/c1-3-12(2)21-15-8-5-7-14(10-15)20-11-13-6-4-9-16(18)17(13)19/h4-10,12,20H,3,11H2,1-2H3. The Morgan fingerprint density at radius 1 is 1.14 bits per heavy atom. The fraction of sp³-hybridized carbons (Fsp3) is 0.294. The first kappa shape index (κ1) is 16.0. The molecular weight excluding hydrogens is 305 g/mol. The third-order valence-electron chi connectivity index (χ3n) is 3.26. The van der Waals surface area contributed by atoms with Crippen LogP contribution in [-0.4, -0.2) is 6.10 Å². The van der Waals surface area contributed by atoms with Gasteiger partial charge in [0.1, 0.15) is 5.75 Å². The van der Waals surface area contributed by atoms with Crippen LogP contribution in [0.5, 0.6) is 5.75 Å². The molecule has 0 aliphatic rings. The smallest absolute Gasteiger partial charge is 0.121 e. The van der Waals surface area contributed by atoms with Crippen LogP contribution in [-0.2, 0) is 6.54 Å². The topological polar surface area (TPSA) is 21.3 Å². The molecule has 1 unspecified atom stereocenters. The zero-order valence-electron chi connectivity index (χ0n) is 12.2. The van der Waals surface area contributed by atoms with E-state index in [1.165, 1.54) is 0 Å². The fourth-order valence-corrected chi connectivity index (χ4v) is 2.26. The van der Waals surface area contributed by atoms with Gasteiger partial charge in [0.05, 0.1) is 16.1 Å². The summed E-state index contributed by atoms with van der Waals surface area (Å²) >= 11 is 12.2. The Kier molecular flexibility index (Phi) is 5.77. The van der Waals surface area contributed by atoms with E-state index in [0.29, 0.717) is 16.6 Å². The summed E-state index contributed by atoms with van der Waals surface area (Å²) in [5, 5.41) is 4.51. The van der Waals surface area contributed by atoms with Crippen LogP contribution in [0.25, 0.3) is 0 Å². The van der Waals surface area contributed by atoms with Crippen LogP contribution in [0.15, 0.2) is 42.5 Å². The largest absolute Gasteiger partial charge is 0.491 e. The minimum Gasteiger partial charge on any atom is -0.491 e. The third-order valence-corrected chi connectivity index (χ3v) is 4.12. The van der Waals surface area contributed by atoms with E-state index in [0.717, 1.165) is 23.4 Å². The number of hydrogen-bond acceptors (Lipinski definition) is 2. The van der Waals surface area contributed by atoms with E-state index in [4.69, 9.17) is 27.9 Å². The fourth-order valence-electron chi connectivity index (χ4n) is 1.88. The summed E-state index contributed by atoms with van der Waals surface area (Å²) in [7, 11) is 0. The monoisotopic (exact) mass is 323 g/mol. The first-order chi connectivity index (χ1) is 10.1. The van der Waals surface area contributed by atoms with Crippen molar-refractivity contribution in [2.24, 2.45) is 0 Å². The van der Waals surface area contributed by atoms with E-state index >= 15 is 0 Å². The van der Waals surface area contributed by atoms with E-state index in [-0.39, 0.29) is 6.10 Å². The van der Waals surface area contributed by atoms with Crippen LogP contribution in [0.4, 0.5) is 5.69 Å². The zero-order valence-corrected chi connectivity index (χ0v) is 13.7. The van der Waals surface area contributed by atoms with Gasteiger partial charge < -0.3 is 10.1 Å². The average molecular weight is 324 g/mol. The molecule has 1 N–H and O–H groups in total. The van der Waals surface area contributed by atoms with Crippen LogP contribution in [0.1, 0.15) is 25.8 Å². The number of benzene rings is 2. The third kappa shape index (κ3) is 4.55. The molecule has 1 atom stereocenters. The molecular formula is C17H19Cl2NO. The summed E-state index contributed by atoms with van der Waals surface area (Å²) in [5.41, 5.74) is 1.96. The molecule has 4 heteroatoms. The predicted octanol–water partition coefficient (Wildman–Crippen LogP) is 5.78. The van der Waals surface area contributed by atoms with Crippen LogP contribution < -0.4 is 10.1 Å². The molecule has 0 saturated carbocycles. The van der Waals surface area contributed by atoms with Crippen molar-refractivity contribution in [3.05, 3.63) is 58.1 Å². The molecule has 0 fully saturated rings. The molecule has 2 rings (SSSR count). The minimum atomic E-state index is 0.211. The van der Waals surface area contributed by atoms with Crippen molar-refractivity contribution in [2.75, 3.05) is 5.32 Å². The van der Waals surface area contributed by atoms with Gasteiger partial charge >= 0.3 is 0 Å². The van der Waals surface area contributed by atoms with Crippen LogP contribution >= 0.6 is 23.2 Å². The maximum Gasteiger partial charge on any atom is 0.121 e. The van der Waals surface area contributed by atoms with Gasteiger partial charge in [0.15, 0.2) is 0 Å². The van der Waals surface area contributed by atoms with E-state index in [1.807, 2.05) is 36.4 Å². The van der Waals surface area contributed by atoms with Crippen LogP contribution in [0, 0.1) is 0 Å². The Balaban J connectivity index is 2.03. The lowest BCUT2D eigenvalue weighted by atomic mass is 10.2. The lowest BCUT2D eigenvalue weighted by Crippen LogP contribution is -2.09. The molecule has 2 aromatic carbocycles. The molecule has 0 spiro atoms. The average Bonchev–Trinajstić information content (AvgIpc) is 2.49. The highest BCUT2D eigenvalue weighted by Gasteiger charge is 2.05. The number of nitrogens with one attached hydrogen (secondary N) is 1. The van der Waals surface area contributed by atoms with Gasteiger partial charge in [-0.1, -0.05) is 48.3 Å². The normalized spacial score (nSPS) is 12.0. The Hall–Kier alpha value is -1.38. The Morgan fingerprint density at radius 2 is 1.90 bits per heavy atom. The molecule has 2 nitrogen and oxygen atoms in total.